The van der Waals surface area contributed by atoms with Gasteiger partial charge >= 0.3 is 0 Å². The van der Waals surface area contributed by atoms with Crippen molar-refractivity contribution < 1.29 is 19.6 Å². The van der Waals surface area contributed by atoms with Gasteiger partial charge in [0.25, 0.3) is 0 Å². The van der Waals surface area contributed by atoms with Crippen LogP contribution in [0.3, 0.4) is 0 Å². The average Bonchev–Trinajstić information content (AvgIpc) is 2.63. The van der Waals surface area contributed by atoms with Gasteiger partial charge in [0.2, 0.25) is 0 Å². The Bertz CT molecular complexity index is 277. The number of rotatable bonds is 21. The van der Waals surface area contributed by atoms with E-state index in [1.54, 1.807) is 19.6 Å². The van der Waals surface area contributed by atoms with Crippen molar-refractivity contribution in [2.45, 2.75) is 77.0 Å². The molecule has 0 aliphatic heterocycles. The third kappa shape index (κ3) is 22.1. The van der Waals surface area contributed by atoms with Crippen LogP contribution in [0.4, 0.5) is 0 Å². The highest BCUT2D eigenvalue weighted by molar-refractivity contribution is 4.44. The Morgan fingerprint density at radius 1 is 0.286 bits per heavy atom. The molecular weight excluding hydrogens is 344 g/mol. The molecule has 0 radical (unpaired) electrons. The molecule has 4 heteroatoms. The first-order valence-electron chi connectivity index (χ1n) is 12.6. The highest BCUT2D eigenvalue weighted by Crippen LogP contribution is 1.98. The lowest BCUT2D eigenvalue weighted by molar-refractivity contribution is -0.880. The van der Waals surface area contributed by atoms with E-state index in [9.17, 15) is 0 Å². The standard InChI is InChI=1S/C24H54N4/c1-25(2)19-13-7-9-15-21-27(5)23-17-11-12-18-24-28(6)22-16-10-8-14-20-26(3)4/h7-24H2,1-6H3/p+4. The Hall–Kier alpha value is -0.160. The number of unbranched alkanes of at least 4 members (excludes halogenated alkanes) is 9. The summed E-state index contributed by atoms with van der Waals surface area (Å²) in [4.78, 5) is 6.67. The van der Waals surface area contributed by atoms with Gasteiger partial charge in [-0.05, 0) is 77.0 Å². The monoisotopic (exact) mass is 402 g/mol. The summed E-state index contributed by atoms with van der Waals surface area (Å²) < 4.78 is 0. The van der Waals surface area contributed by atoms with Crippen LogP contribution in [0.25, 0.3) is 0 Å². The molecule has 0 aromatic heterocycles. The molecule has 0 rings (SSSR count). The molecule has 4 nitrogen and oxygen atoms in total. The normalized spacial score (nSPS) is 14.1. The van der Waals surface area contributed by atoms with Gasteiger partial charge in [-0.3, -0.25) is 0 Å². The van der Waals surface area contributed by atoms with Crippen LogP contribution in [0.1, 0.15) is 77.0 Å². The van der Waals surface area contributed by atoms with Crippen LogP contribution in [0.5, 0.6) is 0 Å². The van der Waals surface area contributed by atoms with E-state index in [1.165, 1.54) is 116 Å². The SMILES string of the molecule is C[NH+](C)CCCCCC[NH+](C)CCCCCC[NH+](C)CCCCCC[NH+](C)C. The van der Waals surface area contributed by atoms with E-state index in [0.29, 0.717) is 0 Å². The fourth-order valence-electron chi connectivity index (χ4n) is 3.97. The van der Waals surface area contributed by atoms with Crippen LogP contribution in [0.2, 0.25) is 0 Å². The van der Waals surface area contributed by atoms with Gasteiger partial charge in [0.1, 0.15) is 0 Å². The second-order valence-corrected chi connectivity index (χ2v) is 10.1. The van der Waals surface area contributed by atoms with Crippen LogP contribution in [-0.2, 0) is 0 Å². The Morgan fingerprint density at radius 3 is 0.714 bits per heavy atom. The zero-order valence-electron chi connectivity index (χ0n) is 20.7. The van der Waals surface area contributed by atoms with E-state index in [1.807, 2.05) is 0 Å². The Balaban J connectivity index is 3.30. The number of hydrogen-bond donors (Lipinski definition) is 4. The minimum Gasteiger partial charge on any atom is -0.340 e. The molecule has 170 valence electrons. The third-order valence-electron chi connectivity index (χ3n) is 6.02. The lowest BCUT2D eigenvalue weighted by Crippen LogP contribution is -3.09. The van der Waals surface area contributed by atoms with Crippen molar-refractivity contribution in [1.82, 2.24) is 0 Å². The summed E-state index contributed by atoms with van der Waals surface area (Å²) in [5, 5.41) is 0. The Kier molecular flexibility index (Phi) is 20.0. The average molecular weight is 403 g/mol. The zero-order chi connectivity index (χ0) is 21.0. The predicted molar refractivity (Wildman–Crippen MR) is 124 cm³/mol. The molecule has 0 aromatic rings. The molecular formula is C24H58N4+4. The quantitative estimate of drug-likeness (QED) is 0.176. The summed E-state index contributed by atoms with van der Waals surface area (Å²) in [6.45, 7) is 8.15. The maximum atomic E-state index is 2.39. The molecule has 0 fully saturated rings. The van der Waals surface area contributed by atoms with Gasteiger partial charge in [0.05, 0.1) is 81.6 Å². The minimum atomic E-state index is 1.33. The van der Waals surface area contributed by atoms with Crippen molar-refractivity contribution >= 4 is 0 Å². The first kappa shape index (κ1) is 27.8. The van der Waals surface area contributed by atoms with Crippen molar-refractivity contribution in [2.75, 3.05) is 81.6 Å². The summed E-state index contributed by atoms with van der Waals surface area (Å²) >= 11 is 0. The molecule has 0 spiro atoms. The van der Waals surface area contributed by atoms with E-state index < -0.39 is 0 Å². The Morgan fingerprint density at radius 2 is 0.500 bits per heavy atom. The second-order valence-electron chi connectivity index (χ2n) is 10.1. The van der Waals surface area contributed by atoms with Gasteiger partial charge in [-0.1, -0.05) is 0 Å². The maximum Gasteiger partial charge on any atom is 0.0768 e. The van der Waals surface area contributed by atoms with Crippen molar-refractivity contribution in [3.05, 3.63) is 0 Å². The van der Waals surface area contributed by atoms with Crippen LogP contribution < -0.4 is 19.6 Å². The highest BCUT2D eigenvalue weighted by Gasteiger charge is 2.04. The van der Waals surface area contributed by atoms with E-state index >= 15 is 0 Å². The van der Waals surface area contributed by atoms with E-state index in [4.69, 9.17) is 0 Å². The van der Waals surface area contributed by atoms with Gasteiger partial charge < -0.3 is 19.6 Å². The molecule has 0 amide bonds. The molecule has 0 saturated carbocycles. The molecule has 28 heavy (non-hydrogen) atoms. The molecule has 2 atom stereocenters. The van der Waals surface area contributed by atoms with Crippen molar-refractivity contribution in [1.29, 1.82) is 0 Å². The molecule has 0 saturated heterocycles. The highest BCUT2D eigenvalue weighted by atomic mass is 15.1. The number of hydrogen-bond acceptors (Lipinski definition) is 0. The molecule has 0 aliphatic rings. The first-order valence-corrected chi connectivity index (χ1v) is 12.6. The molecule has 0 bridgehead atoms. The van der Waals surface area contributed by atoms with Crippen LogP contribution >= 0.6 is 0 Å². The molecule has 0 heterocycles. The van der Waals surface area contributed by atoms with Crippen LogP contribution in [0, 0.1) is 0 Å². The summed E-state index contributed by atoms with van der Waals surface area (Å²) in [6.07, 6.45) is 17.0. The van der Waals surface area contributed by atoms with Gasteiger partial charge in [-0.15, -0.1) is 0 Å². The fraction of sp³-hybridized carbons (Fsp3) is 1.00. The van der Waals surface area contributed by atoms with Crippen LogP contribution in [0.15, 0.2) is 0 Å². The van der Waals surface area contributed by atoms with E-state index in [-0.39, 0.29) is 0 Å². The molecule has 0 aliphatic carbocycles. The summed E-state index contributed by atoms with van der Waals surface area (Å²) in [5.41, 5.74) is 0. The topological polar surface area (TPSA) is 17.8 Å². The summed E-state index contributed by atoms with van der Waals surface area (Å²) in [5.74, 6) is 0. The first-order chi connectivity index (χ1) is 13.4. The fourth-order valence-corrected chi connectivity index (χ4v) is 3.97. The molecule has 0 aromatic carbocycles. The number of nitrogens with one attached hydrogen (secondary N) is 4. The minimum absolute atomic E-state index is 1.33. The predicted octanol–water partition coefficient (Wildman–Crippen LogP) is -1.01. The third-order valence-corrected chi connectivity index (χ3v) is 6.02. The van der Waals surface area contributed by atoms with Gasteiger partial charge in [0, 0.05) is 0 Å². The Labute approximate surface area is 178 Å². The zero-order valence-corrected chi connectivity index (χ0v) is 20.7. The van der Waals surface area contributed by atoms with Gasteiger partial charge in [0.15, 0.2) is 0 Å². The van der Waals surface area contributed by atoms with Crippen LogP contribution in [-0.4, -0.2) is 81.6 Å². The second kappa shape index (κ2) is 20.1. The number of quaternary nitrogens is 4. The smallest absolute Gasteiger partial charge is 0.0768 e. The van der Waals surface area contributed by atoms with E-state index in [2.05, 4.69) is 42.3 Å². The van der Waals surface area contributed by atoms with Crippen molar-refractivity contribution in [2.24, 2.45) is 0 Å². The van der Waals surface area contributed by atoms with Gasteiger partial charge in [-0.25, -0.2) is 0 Å². The van der Waals surface area contributed by atoms with Gasteiger partial charge in [-0.2, -0.15) is 0 Å². The summed E-state index contributed by atoms with van der Waals surface area (Å²) in [6, 6.07) is 0. The maximum absolute atomic E-state index is 2.39. The summed E-state index contributed by atoms with van der Waals surface area (Å²) in [7, 11) is 13.8. The lowest BCUT2D eigenvalue weighted by Gasteiger charge is -2.15. The molecule has 2 unspecified atom stereocenters. The van der Waals surface area contributed by atoms with E-state index in [0.717, 1.165) is 0 Å². The largest absolute Gasteiger partial charge is 0.340 e. The molecule has 4 N–H and O–H groups in total. The van der Waals surface area contributed by atoms with Crippen molar-refractivity contribution in [3.8, 4) is 0 Å². The van der Waals surface area contributed by atoms with Crippen molar-refractivity contribution in [3.63, 3.8) is 0 Å². The lowest BCUT2D eigenvalue weighted by atomic mass is 10.1.